The van der Waals surface area contributed by atoms with Gasteiger partial charge >= 0.3 is 11.4 Å². The first-order valence-corrected chi connectivity index (χ1v) is 12.2. The molecule has 0 heterocycles. The van der Waals surface area contributed by atoms with Crippen molar-refractivity contribution in [3.8, 4) is 11.5 Å². The number of rotatable bonds is 12. The molecule has 0 saturated heterocycles. The van der Waals surface area contributed by atoms with Crippen LogP contribution in [0.15, 0.2) is 36.4 Å². The predicted molar refractivity (Wildman–Crippen MR) is 137 cm³/mol. The number of unbranched alkanes of at least 4 members (excludes halogenated alkanes) is 1. The number of nitro groups is 2. The third kappa shape index (κ3) is 7.41. The van der Waals surface area contributed by atoms with E-state index < -0.39 is 38.1 Å². The first-order chi connectivity index (χ1) is 16.3. The molecule has 0 aromatic heterocycles. The van der Waals surface area contributed by atoms with Crippen molar-refractivity contribution in [1.82, 2.24) is 0 Å². The zero-order valence-electron chi connectivity index (χ0n) is 21.4. The minimum absolute atomic E-state index is 0.0747. The molecule has 8 nitrogen and oxygen atoms in total. The Morgan fingerprint density at radius 1 is 0.771 bits per heavy atom. The van der Waals surface area contributed by atoms with Crippen LogP contribution in [0.2, 0.25) is 0 Å². The highest BCUT2D eigenvalue weighted by Gasteiger charge is 2.37. The van der Waals surface area contributed by atoms with E-state index in [2.05, 4.69) is 34.6 Å². The van der Waals surface area contributed by atoms with Crippen LogP contribution in [0.5, 0.6) is 11.5 Å². The highest BCUT2D eigenvalue weighted by atomic mass is 16.6. The lowest BCUT2D eigenvalue weighted by Gasteiger charge is -2.36. The summed E-state index contributed by atoms with van der Waals surface area (Å²) in [6.07, 6.45) is 5.78. The van der Waals surface area contributed by atoms with Crippen molar-refractivity contribution in [3.63, 3.8) is 0 Å². The number of hydrogen-bond donors (Lipinski definition) is 2. The number of phenols is 2. The Morgan fingerprint density at radius 2 is 1.23 bits per heavy atom. The molecule has 0 spiro atoms. The molecule has 0 aliphatic carbocycles. The molecule has 2 aromatic carbocycles. The van der Waals surface area contributed by atoms with Gasteiger partial charge in [0.1, 0.15) is 0 Å². The molecule has 0 atom stereocenters. The molecule has 8 heteroatoms. The molecule has 0 unspecified atom stereocenters. The van der Waals surface area contributed by atoms with Gasteiger partial charge in [-0.2, -0.15) is 0 Å². The Morgan fingerprint density at radius 3 is 1.63 bits per heavy atom. The summed E-state index contributed by atoms with van der Waals surface area (Å²) in [6.45, 7) is 10.8. The number of hydrogen-bond acceptors (Lipinski definition) is 6. The third-order valence-corrected chi connectivity index (χ3v) is 6.61. The molecule has 0 saturated carbocycles. The lowest BCUT2D eigenvalue weighted by Crippen LogP contribution is -2.29. The summed E-state index contributed by atoms with van der Waals surface area (Å²) in [5, 5.41) is 43.4. The van der Waals surface area contributed by atoms with E-state index in [1.165, 1.54) is 24.3 Å². The van der Waals surface area contributed by atoms with E-state index in [0.29, 0.717) is 29.9 Å². The van der Waals surface area contributed by atoms with Crippen molar-refractivity contribution in [1.29, 1.82) is 0 Å². The van der Waals surface area contributed by atoms with Crippen LogP contribution in [0.1, 0.15) is 90.7 Å². The zero-order valence-corrected chi connectivity index (χ0v) is 21.4. The maximum atomic E-state index is 11.6. The Hall–Kier alpha value is -3.16. The topological polar surface area (TPSA) is 127 Å². The molecule has 0 amide bonds. The van der Waals surface area contributed by atoms with Gasteiger partial charge in [0, 0.05) is 17.5 Å². The van der Waals surface area contributed by atoms with Gasteiger partial charge < -0.3 is 10.2 Å². The summed E-state index contributed by atoms with van der Waals surface area (Å²) < 4.78 is 0. The molecule has 0 fully saturated rings. The van der Waals surface area contributed by atoms with E-state index in [-0.39, 0.29) is 5.41 Å². The van der Waals surface area contributed by atoms with E-state index in [0.717, 1.165) is 32.1 Å². The fraction of sp³-hybridized carbons (Fsp3) is 0.556. The van der Waals surface area contributed by atoms with Gasteiger partial charge in [-0.05, 0) is 53.9 Å². The van der Waals surface area contributed by atoms with E-state index in [1.54, 1.807) is 12.1 Å². The maximum Gasteiger partial charge on any atom is 0.310 e. The highest BCUT2D eigenvalue weighted by molar-refractivity contribution is 5.55. The van der Waals surface area contributed by atoms with Crippen molar-refractivity contribution in [2.24, 2.45) is 11.3 Å². The van der Waals surface area contributed by atoms with Crippen molar-refractivity contribution in [2.45, 2.75) is 85.0 Å². The monoisotopic (exact) mass is 486 g/mol. The Bertz CT molecular complexity index is 979. The Kier molecular flexibility index (Phi) is 9.24. The van der Waals surface area contributed by atoms with Gasteiger partial charge in [-0.1, -0.05) is 72.4 Å². The molecule has 192 valence electrons. The quantitative estimate of drug-likeness (QED) is 0.180. The summed E-state index contributed by atoms with van der Waals surface area (Å²) in [4.78, 5) is 22.0. The number of nitrogens with zero attached hydrogens (tertiary/aromatic N) is 2. The standard InChI is InChI=1S/C27H38N2O6/c1-19(2)9-6-7-15-27(16-8-14-26(3,4)5,20-10-12-24(30)22(17-20)28(32)33)21-11-13-25(31)23(18-21)29(34)35/h10-13,17-19,30-31H,6-9,14-16H2,1-5H3. The van der Waals surface area contributed by atoms with Gasteiger partial charge in [0.2, 0.25) is 0 Å². The molecule has 0 bridgehead atoms. The van der Waals surface area contributed by atoms with Crippen LogP contribution in [0, 0.1) is 31.6 Å². The van der Waals surface area contributed by atoms with Gasteiger partial charge in [0.25, 0.3) is 0 Å². The van der Waals surface area contributed by atoms with E-state index >= 15 is 0 Å². The van der Waals surface area contributed by atoms with Crippen molar-refractivity contribution >= 4 is 11.4 Å². The molecular formula is C27H38N2O6. The SMILES string of the molecule is CC(C)CCCCC(CCCC(C)(C)C)(c1ccc(O)c([N+](=O)[O-])c1)c1ccc(O)c([N+](=O)[O-])c1. The van der Waals surface area contributed by atoms with Gasteiger partial charge in [-0.3, -0.25) is 20.2 Å². The third-order valence-electron chi connectivity index (χ3n) is 6.61. The van der Waals surface area contributed by atoms with Crippen LogP contribution in [0.25, 0.3) is 0 Å². The van der Waals surface area contributed by atoms with E-state index in [4.69, 9.17) is 0 Å². The summed E-state index contributed by atoms with van der Waals surface area (Å²) in [5.41, 5.74) is -0.179. The lowest BCUT2D eigenvalue weighted by atomic mass is 9.67. The smallest absolute Gasteiger partial charge is 0.310 e. The number of benzene rings is 2. The molecule has 2 N–H and O–H groups in total. The number of phenolic OH excluding ortho intramolecular Hbond substituents is 2. The molecule has 2 rings (SSSR count). The molecule has 0 aliphatic heterocycles. The van der Waals surface area contributed by atoms with Crippen molar-refractivity contribution < 1.29 is 20.1 Å². The summed E-state index contributed by atoms with van der Waals surface area (Å²) in [7, 11) is 0. The van der Waals surface area contributed by atoms with Gasteiger partial charge in [-0.15, -0.1) is 0 Å². The predicted octanol–water partition coefficient (Wildman–Crippen LogP) is 7.63. The number of nitro benzene ring substituents is 2. The van der Waals surface area contributed by atoms with Crippen LogP contribution in [0.4, 0.5) is 11.4 Å². The summed E-state index contributed by atoms with van der Waals surface area (Å²) in [6, 6.07) is 8.81. The van der Waals surface area contributed by atoms with Gasteiger partial charge in [0.15, 0.2) is 11.5 Å². The van der Waals surface area contributed by atoms with E-state index in [9.17, 15) is 30.4 Å². The van der Waals surface area contributed by atoms with Gasteiger partial charge in [0.05, 0.1) is 9.85 Å². The van der Waals surface area contributed by atoms with E-state index in [1.807, 2.05) is 0 Å². The van der Waals surface area contributed by atoms with Crippen LogP contribution < -0.4 is 0 Å². The number of aromatic hydroxyl groups is 2. The van der Waals surface area contributed by atoms with Crippen LogP contribution >= 0.6 is 0 Å². The second kappa shape index (κ2) is 11.5. The lowest BCUT2D eigenvalue weighted by molar-refractivity contribution is -0.386. The second-order valence-electron chi connectivity index (χ2n) is 11.1. The largest absolute Gasteiger partial charge is 0.502 e. The first kappa shape index (κ1) is 28.1. The van der Waals surface area contributed by atoms with Crippen LogP contribution in [-0.2, 0) is 5.41 Å². The fourth-order valence-corrected chi connectivity index (χ4v) is 4.70. The normalized spacial score (nSPS) is 12.2. The second-order valence-corrected chi connectivity index (χ2v) is 11.1. The van der Waals surface area contributed by atoms with Crippen LogP contribution in [0.3, 0.4) is 0 Å². The molecule has 35 heavy (non-hydrogen) atoms. The molecule has 0 radical (unpaired) electrons. The minimum Gasteiger partial charge on any atom is -0.502 e. The molecule has 0 aliphatic rings. The first-order valence-electron chi connectivity index (χ1n) is 12.2. The molecular weight excluding hydrogens is 448 g/mol. The van der Waals surface area contributed by atoms with Crippen LogP contribution in [-0.4, -0.2) is 20.1 Å². The average molecular weight is 487 g/mol. The summed E-state index contributed by atoms with van der Waals surface area (Å²) >= 11 is 0. The zero-order chi connectivity index (χ0) is 26.4. The van der Waals surface area contributed by atoms with Crippen molar-refractivity contribution in [3.05, 3.63) is 67.8 Å². The maximum absolute atomic E-state index is 11.6. The summed E-state index contributed by atoms with van der Waals surface area (Å²) in [5.74, 6) is -0.299. The Balaban J connectivity index is 2.71. The highest BCUT2D eigenvalue weighted by Crippen LogP contribution is 2.46. The van der Waals surface area contributed by atoms with Gasteiger partial charge in [-0.25, -0.2) is 0 Å². The Labute approximate surface area is 207 Å². The van der Waals surface area contributed by atoms with Crippen molar-refractivity contribution in [2.75, 3.05) is 0 Å². The minimum atomic E-state index is -0.751. The molecule has 2 aromatic rings. The average Bonchev–Trinajstić information content (AvgIpc) is 2.75. The fourth-order valence-electron chi connectivity index (χ4n) is 4.70.